The van der Waals surface area contributed by atoms with Crippen LogP contribution in [0.1, 0.15) is 84.1 Å². The van der Waals surface area contributed by atoms with Gasteiger partial charge in [0.05, 0.1) is 17.6 Å². The number of carbonyl (C=O) groups excluding carboxylic acids is 1. The Hall–Kier alpha value is -3.32. The van der Waals surface area contributed by atoms with E-state index in [1.165, 1.54) is 53.2 Å². The smallest absolute Gasteiger partial charge is 0.454 e. The number of aryl methyl sites for hydroxylation is 1. The van der Waals surface area contributed by atoms with Crippen molar-refractivity contribution >= 4 is 48.1 Å². The van der Waals surface area contributed by atoms with E-state index in [4.69, 9.17) is 5.11 Å². The number of aliphatic hydroxyl groups is 1. The number of hydrogen-bond donors (Lipinski definition) is 1. The van der Waals surface area contributed by atoms with Crippen molar-refractivity contribution < 1.29 is 47.7 Å². The molecule has 49 heavy (non-hydrogen) atoms. The summed E-state index contributed by atoms with van der Waals surface area (Å²) < 4.78 is 39.6. The number of aliphatic hydroxyl groups excluding tert-OH is 1. The van der Waals surface area contributed by atoms with Crippen LogP contribution in [0.2, 0.25) is 0 Å². The average Bonchev–Trinajstić information content (AvgIpc) is 3.33. The molecule has 2 heterocycles. The maximum absolute atomic E-state index is 11.6. The summed E-state index contributed by atoms with van der Waals surface area (Å²) in [7, 11) is 4.41. The van der Waals surface area contributed by atoms with Gasteiger partial charge in [0, 0.05) is 49.0 Å². The van der Waals surface area contributed by atoms with Crippen molar-refractivity contribution in [2.45, 2.75) is 86.7 Å². The molecule has 0 bridgehead atoms. The summed E-state index contributed by atoms with van der Waals surface area (Å²) in [4.78, 5) is 10.3. The first-order valence-corrected chi connectivity index (χ1v) is 17.0. The zero-order valence-corrected chi connectivity index (χ0v) is 33.1. The largest absolute Gasteiger partial charge is 0.512 e. The first-order valence-electron chi connectivity index (χ1n) is 16.2. The third kappa shape index (κ3) is 9.08. The van der Waals surface area contributed by atoms with E-state index >= 15 is 0 Å². The maximum atomic E-state index is 11.6. The van der Waals surface area contributed by atoms with Crippen LogP contribution in [0, 0.1) is 32.2 Å². The molecule has 3 aromatic carbocycles. The number of ketones is 1. The number of alkyl halides is 3. The van der Waals surface area contributed by atoms with Crippen molar-refractivity contribution in [3.63, 3.8) is 0 Å². The topological polar surface area (TPSA) is 41.2 Å². The second-order valence-electron chi connectivity index (χ2n) is 15.3. The van der Waals surface area contributed by atoms with Gasteiger partial charge in [-0.25, -0.2) is 0 Å². The van der Waals surface area contributed by atoms with E-state index in [1.54, 1.807) is 13.8 Å². The van der Waals surface area contributed by atoms with Gasteiger partial charge in [-0.3, -0.25) is 4.79 Å². The number of nitrogens with zero attached hydrogens (tertiary/aromatic N) is 1. The first kappa shape index (κ1) is 40.1. The number of hydrogen-bond acceptors (Lipinski definition) is 3. The number of allylic oxidation sites excluding steroid dienone is 2. The normalized spacial score (nSPS) is 12.7. The molecule has 8 heteroatoms. The molecule has 0 saturated heterocycles. The molecule has 0 aliphatic heterocycles. The number of thiophene rings is 1. The van der Waals surface area contributed by atoms with Crippen molar-refractivity contribution in [1.82, 2.24) is 0 Å². The molecule has 0 fully saturated rings. The predicted octanol–water partition coefficient (Wildman–Crippen LogP) is 11.8. The molecule has 0 spiro atoms. The van der Waals surface area contributed by atoms with Crippen LogP contribution in [0.5, 0.6) is 0 Å². The minimum atomic E-state index is -4.90. The van der Waals surface area contributed by atoms with Crippen molar-refractivity contribution in [2.24, 2.45) is 11.3 Å². The maximum Gasteiger partial charge on any atom is 0.454 e. The van der Waals surface area contributed by atoms with Gasteiger partial charge < -0.3 is 9.67 Å². The number of benzene rings is 3. The molecule has 0 unspecified atom stereocenters. The monoisotopic (exact) mass is 867 g/mol. The predicted molar refractivity (Wildman–Crippen MR) is 196 cm³/mol. The summed E-state index contributed by atoms with van der Waals surface area (Å²) in [5, 5.41) is 14.0. The summed E-state index contributed by atoms with van der Waals surface area (Å²) in [6.07, 6.45) is -1.42. The molecule has 0 atom stereocenters. The number of halogens is 3. The summed E-state index contributed by atoms with van der Waals surface area (Å²) in [5.74, 6) is -2.54. The fourth-order valence-electron chi connectivity index (χ4n) is 6.08. The fourth-order valence-corrected chi connectivity index (χ4v) is 7.47. The molecule has 0 aliphatic rings. The second-order valence-corrected chi connectivity index (χ2v) is 16.3. The van der Waals surface area contributed by atoms with Gasteiger partial charge in [0.1, 0.15) is 0 Å². The Balaban J connectivity index is 0.000000398. The van der Waals surface area contributed by atoms with Gasteiger partial charge in [-0.15, -0.1) is 34.4 Å². The van der Waals surface area contributed by atoms with E-state index in [-0.39, 0.29) is 49.4 Å². The van der Waals surface area contributed by atoms with Crippen LogP contribution in [-0.2, 0) is 36.7 Å². The summed E-state index contributed by atoms with van der Waals surface area (Å²) in [6, 6.07) is 17.9. The Bertz CT molecular complexity index is 2030. The minimum Gasteiger partial charge on any atom is -0.512 e. The molecule has 0 aliphatic carbocycles. The Morgan fingerprint density at radius 3 is 2.08 bits per heavy atom. The van der Waals surface area contributed by atoms with E-state index in [0.717, 1.165) is 17.7 Å². The molecule has 0 amide bonds. The van der Waals surface area contributed by atoms with Crippen molar-refractivity contribution in [1.29, 1.82) is 0 Å². The molecular formula is C41H47F3IrNO2S-. The molecule has 1 N–H and O–H groups in total. The summed E-state index contributed by atoms with van der Waals surface area (Å²) in [5.41, 5.74) is 7.87. The Morgan fingerprint density at radius 1 is 0.939 bits per heavy atom. The van der Waals surface area contributed by atoms with E-state index in [2.05, 4.69) is 117 Å². The SMILES string of the molecule is CC(C)C/C(O)=C/C(=O)C(F)(F)F.[CH2-]c1c(-c2c3sc4c(C)c(CC(C)(C)C)ccc4c3cc[n+]2[CH2-])cc(C(C)(C)C)c2ccccc12.[Ir]. The zero-order chi connectivity index (χ0) is 35.9. The number of fused-ring (bicyclic) bond motifs is 4. The van der Waals surface area contributed by atoms with Gasteiger partial charge in [0.15, 0.2) is 0 Å². The van der Waals surface area contributed by atoms with Gasteiger partial charge in [0.25, 0.3) is 5.78 Å². The van der Waals surface area contributed by atoms with Crippen LogP contribution in [0.15, 0.2) is 66.6 Å². The van der Waals surface area contributed by atoms with Crippen LogP contribution >= 0.6 is 11.3 Å². The molecule has 3 nitrogen and oxygen atoms in total. The van der Waals surface area contributed by atoms with Crippen LogP contribution in [0.25, 0.3) is 42.2 Å². The average molecular weight is 867 g/mol. The van der Waals surface area contributed by atoms with E-state index in [1.807, 2.05) is 15.9 Å². The third-order valence-electron chi connectivity index (χ3n) is 8.31. The second kappa shape index (κ2) is 14.9. The summed E-state index contributed by atoms with van der Waals surface area (Å²) >= 11 is 1.90. The fraction of sp³-hybridized carbons (Fsp3) is 0.366. The molecule has 1 radical (unpaired) electrons. The van der Waals surface area contributed by atoms with Gasteiger partial charge in [0.2, 0.25) is 0 Å². The summed E-state index contributed by atoms with van der Waals surface area (Å²) in [6.45, 7) is 24.1. The van der Waals surface area contributed by atoms with Gasteiger partial charge in [-0.05, 0) is 58.1 Å². The van der Waals surface area contributed by atoms with E-state index in [0.29, 0.717) is 0 Å². The minimum absolute atomic E-state index is 0. The molecule has 5 aromatic rings. The quantitative estimate of drug-likeness (QED) is 0.0828. The standard InChI is InChI=1S/C33H36NS.C8H11F3O2.Ir/c1-20-22(19-32(3,4)5)14-15-25-26-16-17-34(9)29(31(26)35-30(20)25)27-18-28(33(6,7)8)24-13-11-10-12-23(24)21(27)2;1-5(2)3-6(12)4-7(13)8(9,10)11;/h10-18H,2,9,19H2,1,3-8H3;4-5,12H,3H2,1-2H3;/q-1;;/b;6-4-;. The Labute approximate surface area is 306 Å². The van der Waals surface area contributed by atoms with Gasteiger partial charge >= 0.3 is 6.18 Å². The van der Waals surface area contributed by atoms with Crippen LogP contribution in [0.4, 0.5) is 13.2 Å². The van der Waals surface area contributed by atoms with Gasteiger partial charge in [-0.1, -0.05) is 96.7 Å². The number of aromatic nitrogens is 1. The van der Waals surface area contributed by atoms with Crippen LogP contribution in [-0.4, -0.2) is 17.1 Å². The van der Waals surface area contributed by atoms with E-state index < -0.39 is 17.7 Å². The van der Waals surface area contributed by atoms with Gasteiger partial charge in [-0.2, -0.15) is 25.7 Å². The van der Waals surface area contributed by atoms with Crippen LogP contribution in [0.3, 0.4) is 0 Å². The number of carbonyl (C=O) groups is 1. The Morgan fingerprint density at radius 2 is 1.53 bits per heavy atom. The first-order chi connectivity index (χ1) is 22.1. The molecule has 265 valence electrons. The molecule has 5 rings (SSSR count). The molecule has 2 aromatic heterocycles. The number of pyridine rings is 1. The Kier molecular flexibility index (Phi) is 12.2. The van der Waals surface area contributed by atoms with Crippen molar-refractivity contribution in [2.75, 3.05) is 0 Å². The third-order valence-corrected chi connectivity index (χ3v) is 9.66. The zero-order valence-electron chi connectivity index (χ0n) is 29.9. The number of rotatable bonds is 5. The van der Waals surface area contributed by atoms with Crippen molar-refractivity contribution in [3.8, 4) is 11.3 Å². The van der Waals surface area contributed by atoms with E-state index in [9.17, 15) is 18.0 Å². The molecule has 0 saturated carbocycles. The van der Waals surface area contributed by atoms with Crippen molar-refractivity contribution in [3.05, 3.63) is 103 Å². The molecular weight excluding hydrogens is 820 g/mol. The van der Waals surface area contributed by atoms with Crippen LogP contribution < -0.4 is 4.57 Å².